The molecule has 2 aromatic rings. The van der Waals surface area contributed by atoms with Crippen LogP contribution < -0.4 is 4.74 Å². The molecule has 0 aliphatic carbocycles. The van der Waals surface area contributed by atoms with Crippen molar-refractivity contribution in [2.24, 2.45) is 0 Å². The highest BCUT2D eigenvalue weighted by molar-refractivity contribution is 5.69. The summed E-state index contributed by atoms with van der Waals surface area (Å²) in [6.07, 6.45) is 16.1. The molecule has 0 amide bonds. The van der Waals surface area contributed by atoms with Crippen molar-refractivity contribution < 1.29 is 18.8 Å². The van der Waals surface area contributed by atoms with Crippen molar-refractivity contribution in [3.8, 4) is 5.75 Å². The second kappa shape index (κ2) is 19.7. The van der Waals surface area contributed by atoms with Gasteiger partial charge in [0.15, 0.2) is 0 Å². The van der Waals surface area contributed by atoms with E-state index in [4.69, 9.17) is 9.47 Å². The molecule has 2 aromatic carbocycles. The number of quaternary nitrogens is 1. The van der Waals surface area contributed by atoms with E-state index < -0.39 is 0 Å². The summed E-state index contributed by atoms with van der Waals surface area (Å²) in [5.74, 6) is 0.876. The van der Waals surface area contributed by atoms with Gasteiger partial charge in [0.1, 0.15) is 12.3 Å². The van der Waals surface area contributed by atoms with Crippen LogP contribution in [0.4, 0.5) is 0 Å². The second-order valence-electron chi connectivity index (χ2n) is 11.4. The van der Waals surface area contributed by atoms with Crippen molar-refractivity contribution in [2.45, 2.75) is 103 Å². The Morgan fingerprint density at radius 3 is 2.16 bits per heavy atom. The van der Waals surface area contributed by atoms with Crippen LogP contribution in [0.25, 0.3) is 0 Å². The first-order valence-electron chi connectivity index (χ1n) is 15.2. The van der Waals surface area contributed by atoms with Crippen molar-refractivity contribution in [3.63, 3.8) is 0 Å². The lowest BCUT2D eigenvalue weighted by molar-refractivity contribution is -0.903. The number of ether oxygens (including phenoxy) is 2. The van der Waals surface area contributed by atoms with Gasteiger partial charge in [-0.2, -0.15) is 0 Å². The summed E-state index contributed by atoms with van der Waals surface area (Å²) < 4.78 is 12.3. The highest BCUT2D eigenvalue weighted by Crippen LogP contribution is 2.17. The number of aryl methyl sites for hydroxylation is 1. The molecule has 2 rings (SSSR count). The van der Waals surface area contributed by atoms with Gasteiger partial charge >= 0.3 is 5.97 Å². The standard InChI is InChI=1S/C34H54NO3/c1-4-5-6-7-8-9-10-12-20-31-23-19-24-33(29-31)37-27-17-18-28-38-34(36)25-15-16-26-35(2,3)30-32-21-13-11-14-22-32/h11,13-14,19,21-24,29H,4-10,12,15-18,20,25-28,30H2,1-3H3/q+1. The first-order chi connectivity index (χ1) is 18.5. The van der Waals surface area contributed by atoms with Crippen molar-refractivity contribution in [3.05, 3.63) is 65.7 Å². The van der Waals surface area contributed by atoms with Crippen LogP contribution in [0.3, 0.4) is 0 Å². The van der Waals surface area contributed by atoms with Gasteiger partial charge in [-0.05, 0) is 56.2 Å². The van der Waals surface area contributed by atoms with Gasteiger partial charge in [0.25, 0.3) is 0 Å². The molecule has 0 aliphatic rings. The normalized spacial score (nSPS) is 11.4. The predicted octanol–water partition coefficient (Wildman–Crippen LogP) is 8.52. The molecular formula is C34H54NO3+. The minimum Gasteiger partial charge on any atom is -0.494 e. The predicted molar refractivity (Wildman–Crippen MR) is 159 cm³/mol. The van der Waals surface area contributed by atoms with E-state index in [0.717, 1.165) is 55.4 Å². The van der Waals surface area contributed by atoms with Crippen LogP contribution >= 0.6 is 0 Å². The van der Waals surface area contributed by atoms with Crippen molar-refractivity contribution in [2.75, 3.05) is 33.9 Å². The van der Waals surface area contributed by atoms with Crippen molar-refractivity contribution in [1.82, 2.24) is 0 Å². The minimum absolute atomic E-state index is 0.0760. The van der Waals surface area contributed by atoms with E-state index in [9.17, 15) is 4.79 Å². The van der Waals surface area contributed by atoms with E-state index in [1.54, 1.807) is 0 Å². The number of nitrogens with zero attached hydrogens (tertiary/aromatic N) is 1. The molecular weight excluding hydrogens is 470 g/mol. The summed E-state index contributed by atoms with van der Waals surface area (Å²) >= 11 is 0. The molecule has 0 aliphatic heterocycles. The summed E-state index contributed by atoms with van der Waals surface area (Å²) in [6, 6.07) is 19.1. The monoisotopic (exact) mass is 524 g/mol. The molecule has 0 saturated heterocycles. The zero-order chi connectivity index (χ0) is 27.3. The minimum atomic E-state index is -0.0760. The first-order valence-corrected chi connectivity index (χ1v) is 15.2. The Bertz CT molecular complexity index is 865. The van der Waals surface area contributed by atoms with Crippen LogP contribution in [0.15, 0.2) is 54.6 Å². The number of carbonyl (C=O) groups is 1. The number of carbonyl (C=O) groups excluding carboxylic acids is 1. The van der Waals surface area contributed by atoms with Gasteiger partial charge in [-0.25, -0.2) is 0 Å². The van der Waals surface area contributed by atoms with E-state index >= 15 is 0 Å². The summed E-state index contributed by atoms with van der Waals surface area (Å²) in [6.45, 7) is 5.48. The maximum atomic E-state index is 12.1. The van der Waals surface area contributed by atoms with Gasteiger partial charge in [0.05, 0.1) is 33.9 Å². The largest absolute Gasteiger partial charge is 0.494 e. The maximum Gasteiger partial charge on any atom is 0.305 e. The zero-order valence-corrected chi connectivity index (χ0v) is 24.6. The molecule has 212 valence electrons. The highest BCUT2D eigenvalue weighted by Gasteiger charge is 2.15. The lowest BCUT2D eigenvalue weighted by Crippen LogP contribution is -2.39. The fourth-order valence-corrected chi connectivity index (χ4v) is 4.87. The molecule has 0 aromatic heterocycles. The highest BCUT2D eigenvalue weighted by atomic mass is 16.5. The van der Waals surface area contributed by atoms with Crippen molar-refractivity contribution in [1.29, 1.82) is 0 Å². The molecule has 0 heterocycles. The van der Waals surface area contributed by atoms with E-state index in [1.165, 1.54) is 62.5 Å². The zero-order valence-electron chi connectivity index (χ0n) is 24.6. The SMILES string of the molecule is CCCCCCCCCCc1cccc(OCCCCOC(=O)CCCC[N+](C)(C)Cc2ccccc2)c1. The first kappa shape index (κ1) is 31.9. The lowest BCUT2D eigenvalue weighted by atomic mass is 10.0. The Labute approximate surface area is 233 Å². The third-order valence-corrected chi connectivity index (χ3v) is 7.14. The number of hydrogen-bond donors (Lipinski definition) is 0. The summed E-state index contributed by atoms with van der Waals surface area (Å²) in [5, 5.41) is 0. The molecule has 0 fully saturated rings. The van der Waals surface area contributed by atoms with Crippen LogP contribution in [-0.2, 0) is 22.5 Å². The number of esters is 1. The molecule has 0 N–H and O–H groups in total. The Balaban J connectivity index is 1.46. The number of benzene rings is 2. The van der Waals surface area contributed by atoms with Crippen LogP contribution in [0.1, 0.15) is 102 Å². The topological polar surface area (TPSA) is 35.5 Å². The molecule has 0 radical (unpaired) electrons. The summed E-state index contributed by atoms with van der Waals surface area (Å²) in [7, 11) is 4.50. The van der Waals surface area contributed by atoms with Gasteiger partial charge in [-0.15, -0.1) is 0 Å². The molecule has 0 saturated carbocycles. The fourth-order valence-electron chi connectivity index (χ4n) is 4.87. The average molecular weight is 525 g/mol. The average Bonchev–Trinajstić information content (AvgIpc) is 2.91. The van der Waals surface area contributed by atoms with Gasteiger partial charge in [-0.1, -0.05) is 94.3 Å². The number of hydrogen-bond acceptors (Lipinski definition) is 3. The van der Waals surface area contributed by atoms with Crippen LogP contribution in [0, 0.1) is 0 Å². The Hall–Kier alpha value is -2.33. The summed E-state index contributed by atoms with van der Waals surface area (Å²) in [4.78, 5) is 12.1. The lowest BCUT2D eigenvalue weighted by Gasteiger charge is -2.30. The second-order valence-corrected chi connectivity index (χ2v) is 11.4. The van der Waals surface area contributed by atoms with Crippen LogP contribution in [-0.4, -0.2) is 44.3 Å². The van der Waals surface area contributed by atoms with Crippen LogP contribution in [0.2, 0.25) is 0 Å². The van der Waals surface area contributed by atoms with E-state index in [2.05, 4.69) is 69.6 Å². The Morgan fingerprint density at radius 2 is 1.39 bits per heavy atom. The molecule has 38 heavy (non-hydrogen) atoms. The van der Waals surface area contributed by atoms with Crippen molar-refractivity contribution >= 4 is 5.97 Å². The fraction of sp³-hybridized carbons (Fsp3) is 0.618. The van der Waals surface area contributed by atoms with Crippen LogP contribution in [0.5, 0.6) is 5.75 Å². The molecule has 0 atom stereocenters. The van der Waals surface area contributed by atoms with Gasteiger partial charge in [0, 0.05) is 12.0 Å². The van der Waals surface area contributed by atoms with Gasteiger partial charge in [-0.3, -0.25) is 4.79 Å². The third-order valence-electron chi connectivity index (χ3n) is 7.14. The Morgan fingerprint density at radius 1 is 0.711 bits per heavy atom. The maximum absolute atomic E-state index is 12.1. The van der Waals surface area contributed by atoms with E-state index in [0.29, 0.717) is 19.6 Å². The number of rotatable bonds is 22. The Kier molecular flexibility index (Phi) is 16.5. The molecule has 4 heteroatoms. The quantitative estimate of drug-likeness (QED) is 0.0879. The van der Waals surface area contributed by atoms with Gasteiger partial charge in [0.2, 0.25) is 0 Å². The molecule has 0 bridgehead atoms. The van der Waals surface area contributed by atoms with Gasteiger partial charge < -0.3 is 14.0 Å². The number of unbranched alkanes of at least 4 members (excludes halogenated alkanes) is 9. The molecule has 4 nitrogen and oxygen atoms in total. The smallest absolute Gasteiger partial charge is 0.305 e. The molecule has 0 spiro atoms. The third kappa shape index (κ3) is 15.8. The summed E-state index contributed by atoms with van der Waals surface area (Å²) in [5.41, 5.74) is 2.72. The van der Waals surface area contributed by atoms with E-state index in [1.807, 2.05) is 6.07 Å². The molecule has 0 unspecified atom stereocenters. The van der Waals surface area contributed by atoms with E-state index in [-0.39, 0.29) is 5.97 Å².